The number of nitrogens with one attached hydrogen (secondary N) is 1. The first-order valence-electron chi connectivity index (χ1n) is 7.34. The van der Waals surface area contributed by atoms with E-state index >= 15 is 0 Å². The first kappa shape index (κ1) is 16.7. The molecule has 0 saturated carbocycles. The summed E-state index contributed by atoms with van der Waals surface area (Å²) in [5, 5.41) is 5.13. The van der Waals surface area contributed by atoms with Crippen LogP contribution in [-0.4, -0.2) is 30.1 Å². The molecule has 0 atom stereocenters. The number of rotatable bonds is 5. The Hall–Kier alpha value is -2.13. The number of ether oxygens (including phenoxy) is 1. The highest BCUT2D eigenvalue weighted by atomic mass is 32.2. The van der Waals surface area contributed by atoms with Crippen LogP contribution in [-0.2, 0) is 10.0 Å². The summed E-state index contributed by atoms with van der Waals surface area (Å²) >= 11 is 1.36. The highest BCUT2D eigenvalue weighted by molar-refractivity contribution is 7.92. The van der Waals surface area contributed by atoms with Gasteiger partial charge in [-0.25, -0.2) is 4.98 Å². The number of fused-ring (bicyclic) bond motifs is 1. The largest absolute Gasteiger partial charge is 0.497 e. The molecule has 1 N–H and O–H groups in total. The Morgan fingerprint density at radius 3 is 2.50 bits per heavy atom. The molecule has 0 spiro atoms. The van der Waals surface area contributed by atoms with Gasteiger partial charge in [0.2, 0.25) is 9.99 Å². The second-order valence-corrected chi connectivity index (χ2v) is 8.36. The lowest BCUT2D eigenvalue weighted by Crippen LogP contribution is -2.17. The molecule has 9 heteroatoms. The van der Waals surface area contributed by atoms with E-state index in [4.69, 9.17) is 4.74 Å². The molecule has 0 aliphatic rings. The third kappa shape index (κ3) is 2.96. The highest BCUT2D eigenvalue weighted by Gasteiger charge is 2.29. The van der Waals surface area contributed by atoms with Crippen molar-refractivity contribution in [1.29, 1.82) is 0 Å². The van der Waals surface area contributed by atoms with Crippen LogP contribution in [0.3, 0.4) is 0 Å². The summed E-state index contributed by atoms with van der Waals surface area (Å²) in [7, 11) is -2.27. The summed E-state index contributed by atoms with van der Waals surface area (Å²) in [6, 6.07) is 6.69. The number of imidazole rings is 1. The monoisotopic (exact) mass is 366 g/mol. The van der Waals surface area contributed by atoms with Gasteiger partial charge in [0.05, 0.1) is 12.8 Å². The van der Waals surface area contributed by atoms with E-state index in [9.17, 15) is 8.42 Å². The SMILES string of the molecule is COc1ccc(NS(=O)(=O)c2c(C(C)C)nc3sc(C)nn23)cc1. The van der Waals surface area contributed by atoms with E-state index in [2.05, 4.69) is 14.8 Å². The highest BCUT2D eigenvalue weighted by Crippen LogP contribution is 2.29. The van der Waals surface area contributed by atoms with Crippen LogP contribution in [0, 0.1) is 6.92 Å². The van der Waals surface area contributed by atoms with Crippen LogP contribution in [0.15, 0.2) is 29.3 Å². The van der Waals surface area contributed by atoms with E-state index in [1.807, 2.05) is 20.8 Å². The molecule has 7 nitrogen and oxygen atoms in total. The molecule has 0 radical (unpaired) electrons. The molecule has 0 unspecified atom stereocenters. The number of hydrogen-bond acceptors (Lipinski definition) is 6. The van der Waals surface area contributed by atoms with Crippen LogP contribution in [0.1, 0.15) is 30.5 Å². The molecule has 24 heavy (non-hydrogen) atoms. The molecular formula is C15H18N4O3S2. The molecular weight excluding hydrogens is 348 g/mol. The van der Waals surface area contributed by atoms with Gasteiger partial charge in [-0.3, -0.25) is 4.72 Å². The summed E-state index contributed by atoms with van der Waals surface area (Å²) in [4.78, 5) is 5.02. The normalized spacial score (nSPS) is 12.0. The summed E-state index contributed by atoms with van der Waals surface area (Å²) in [5.41, 5.74) is 0.960. The molecule has 3 rings (SSSR count). The van der Waals surface area contributed by atoms with E-state index in [1.54, 1.807) is 31.4 Å². The number of benzene rings is 1. The third-order valence-electron chi connectivity index (χ3n) is 3.43. The van der Waals surface area contributed by atoms with Crippen LogP contribution in [0.25, 0.3) is 4.96 Å². The average molecular weight is 366 g/mol. The number of aryl methyl sites for hydroxylation is 1. The Labute approximate surface area is 144 Å². The van der Waals surface area contributed by atoms with Crippen molar-refractivity contribution in [1.82, 2.24) is 14.6 Å². The Balaban J connectivity index is 2.07. The first-order chi connectivity index (χ1) is 11.3. The van der Waals surface area contributed by atoms with E-state index in [-0.39, 0.29) is 10.9 Å². The van der Waals surface area contributed by atoms with Crippen LogP contribution in [0.5, 0.6) is 5.75 Å². The summed E-state index contributed by atoms with van der Waals surface area (Å²) in [6.45, 7) is 5.64. The van der Waals surface area contributed by atoms with Crippen molar-refractivity contribution in [3.8, 4) is 5.75 Å². The van der Waals surface area contributed by atoms with Gasteiger partial charge in [0.1, 0.15) is 10.8 Å². The molecule has 0 saturated heterocycles. The average Bonchev–Trinajstić information content (AvgIpc) is 3.03. The minimum absolute atomic E-state index is 0.0401. The van der Waals surface area contributed by atoms with Crippen molar-refractivity contribution in [2.24, 2.45) is 0 Å². The third-order valence-corrected chi connectivity index (χ3v) is 5.65. The molecule has 0 aliphatic heterocycles. The number of hydrogen-bond donors (Lipinski definition) is 1. The predicted molar refractivity (Wildman–Crippen MR) is 93.5 cm³/mol. The van der Waals surface area contributed by atoms with Gasteiger partial charge in [-0.1, -0.05) is 25.2 Å². The predicted octanol–water partition coefficient (Wildman–Crippen LogP) is 3.03. The molecule has 0 bridgehead atoms. The topological polar surface area (TPSA) is 85.6 Å². The van der Waals surface area contributed by atoms with Crippen LogP contribution in [0.4, 0.5) is 5.69 Å². The fourth-order valence-electron chi connectivity index (χ4n) is 2.33. The van der Waals surface area contributed by atoms with E-state index in [1.165, 1.54) is 15.9 Å². The Bertz CT molecular complexity index is 972. The Morgan fingerprint density at radius 2 is 1.92 bits per heavy atom. The van der Waals surface area contributed by atoms with Gasteiger partial charge in [0.15, 0.2) is 0 Å². The minimum Gasteiger partial charge on any atom is -0.497 e. The van der Waals surface area contributed by atoms with Crippen molar-refractivity contribution in [2.75, 3.05) is 11.8 Å². The van der Waals surface area contributed by atoms with Gasteiger partial charge in [-0.05, 0) is 37.1 Å². The number of nitrogens with zero attached hydrogens (tertiary/aromatic N) is 3. The van der Waals surface area contributed by atoms with Crippen LogP contribution in [0.2, 0.25) is 0 Å². The number of anilines is 1. The van der Waals surface area contributed by atoms with Gasteiger partial charge < -0.3 is 4.74 Å². The second kappa shape index (κ2) is 6.06. The minimum atomic E-state index is -3.82. The van der Waals surface area contributed by atoms with Crippen molar-refractivity contribution in [2.45, 2.75) is 31.7 Å². The molecule has 0 amide bonds. The van der Waals surface area contributed by atoms with Crippen molar-refractivity contribution >= 4 is 32.0 Å². The lowest BCUT2D eigenvalue weighted by Gasteiger charge is -2.10. The van der Waals surface area contributed by atoms with Gasteiger partial charge in [-0.15, -0.1) is 0 Å². The molecule has 2 heterocycles. The molecule has 1 aromatic carbocycles. The summed E-state index contributed by atoms with van der Waals surface area (Å²) in [6.07, 6.45) is 0. The molecule has 128 valence electrons. The summed E-state index contributed by atoms with van der Waals surface area (Å²) in [5.74, 6) is 0.615. The Morgan fingerprint density at radius 1 is 1.25 bits per heavy atom. The van der Waals surface area contributed by atoms with Crippen molar-refractivity contribution in [3.63, 3.8) is 0 Å². The van der Waals surface area contributed by atoms with Gasteiger partial charge in [0, 0.05) is 5.69 Å². The summed E-state index contributed by atoms with van der Waals surface area (Å²) < 4.78 is 34.9. The quantitative estimate of drug-likeness (QED) is 0.750. The smallest absolute Gasteiger partial charge is 0.281 e. The van der Waals surface area contributed by atoms with Gasteiger partial charge in [0.25, 0.3) is 10.0 Å². The van der Waals surface area contributed by atoms with Gasteiger partial charge >= 0.3 is 0 Å². The van der Waals surface area contributed by atoms with Gasteiger partial charge in [-0.2, -0.15) is 18.0 Å². The maximum Gasteiger partial charge on any atom is 0.281 e. The Kier molecular flexibility index (Phi) is 4.22. The molecule has 0 aliphatic carbocycles. The number of aromatic nitrogens is 3. The van der Waals surface area contributed by atoms with Crippen molar-refractivity contribution < 1.29 is 13.2 Å². The van der Waals surface area contributed by atoms with Crippen molar-refractivity contribution in [3.05, 3.63) is 35.0 Å². The van der Waals surface area contributed by atoms with E-state index < -0.39 is 10.0 Å². The van der Waals surface area contributed by atoms with Crippen LogP contribution < -0.4 is 9.46 Å². The first-order valence-corrected chi connectivity index (χ1v) is 9.64. The van der Waals surface area contributed by atoms with Crippen LogP contribution >= 0.6 is 11.3 Å². The van der Waals surface area contributed by atoms with E-state index in [0.29, 0.717) is 22.1 Å². The molecule has 2 aromatic heterocycles. The number of sulfonamides is 1. The van der Waals surface area contributed by atoms with E-state index in [0.717, 1.165) is 5.01 Å². The fraction of sp³-hybridized carbons (Fsp3) is 0.333. The maximum atomic E-state index is 12.9. The molecule has 3 aromatic rings. The fourth-order valence-corrected chi connectivity index (χ4v) is 4.59. The zero-order chi connectivity index (χ0) is 17.5. The standard InChI is InChI=1S/C15H18N4O3S2/c1-9(2)13-14(19-15(16-13)23-10(3)17-19)24(20,21)18-11-5-7-12(22-4)8-6-11/h5-9,18H,1-4H3. The maximum absolute atomic E-state index is 12.9. The lowest BCUT2D eigenvalue weighted by molar-refractivity contribution is 0.415. The second-order valence-electron chi connectivity index (χ2n) is 5.61. The molecule has 0 fully saturated rings. The lowest BCUT2D eigenvalue weighted by atomic mass is 10.2. The number of methoxy groups -OCH3 is 1. The zero-order valence-electron chi connectivity index (χ0n) is 13.8. The zero-order valence-corrected chi connectivity index (χ0v) is 15.4.